The molecule has 0 radical (unpaired) electrons. The fourth-order valence-corrected chi connectivity index (χ4v) is 2.10. The zero-order valence-corrected chi connectivity index (χ0v) is 12.5. The maximum Gasteiger partial charge on any atom is 0.329 e. The van der Waals surface area contributed by atoms with Crippen molar-refractivity contribution in [1.82, 2.24) is 10.7 Å². The lowest BCUT2D eigenvalue weighted by atomic mass is 10.2. The van der Waals surface area contributed by atoms with Crippen molar-refractivity contribution in [3.8, 4) is 5.75 Å². The van der Waals surface area contributed by atoms with E-state index >= 15 is 0 Å². The molecule has 1 saturated heterocycles. The van der Waals surface area contributed by atoms with Gasteiger partial charge in [-0.1, -0.05) is 11.6 Å². The van der Waals surface area contributed by atoms with Crippen molar-refractivity contribution in [3.05, 3.63) is 28.8 Å². The number of hydrogen-bond acceptors (Lipinski definition) is 5. The lowest BCUT2D eigenvalue weighted by Crippen LogP contribution is -2.41. The Hall–Kier alpha value is -2.12. The molecule has 1 unspecified atom stereocenters. The SMILES string of the molecule is O=C(NCC1CCCO1)C(=O)N/N=C/c1ccc(O)c(Cl)c1. The molecule has 1 aromatic carbocycles. The Labute approximate surface area is 132 Å². The lowest BCUT2D eigenvalue weighted by Gasteiger charge is -2.09. The molecule has 1 fully saturated rings. The van der Waals surface area contributed by atoms with Crippen LogP contribution in [0.15, 0.2) is 23.3 Å². The van der Waals surface area contributed by atoms with Crippen molar-refractivity contribution in [1.29, 1.82) is 0 Å². The van der Waals surface area contributed by atoms with Gasteiger partial charge in [0.15, 0.2) is 0 Å². The number of halogens is 1. The highest BCUT2D eigenvalue weighted by atomic mass is 35.5. The molecule has 1 atom stereocenters. The van der Waals surface area contributed by atoms with Crippen LogP contribution in [0.5, 0.6) is 5.75 Å². The number of hydrogen-bond donors (Lipinski definition) is 3. The van der Waals surface area contributed by atoms with E-state index < -0.39 is 11.8 Å². The summed E-state index contributed by atoms with van der Waals surface area (Å²) in [5, 5.41) is 15.6. The lowest BCUT2D eigenvalue weighted by molar-refractivity contribution is -0.139. The number of phenols is 1. The average Bonchev–Trinajstić information content (AvgIpc) is 3.01. The second-order valence-corrected chi connectivity index (χ2v) is 5.16. The van der Waals surface area contributed by atoms with Crippen LogP contribution in [-0.4, -0.2) is 42.4 Å². The van der Waals surface area contributed by atoms with Crippen LogP contribution in [0, 0.1) is 0 Å². The largest absolute Gasteiger partial charge is 0.506 e. The summed E-state index contributed by atoms with van der Waals surface area (Å²) in [5.41, 5.74) is 2.68. The normalized spacial score (nSPS) is 17.6. The van der Waals surface area contributed by atoms with E-state index in [1.54, 1.807) is 6.07 Å². The maximum absolute atomic E-state index is 11.5. The first kappa shape index (κ1) is 16.3. The second-order valence-electron chi connectivity index (χ2n) is 4.76. The highest BCUT2D eigenvalue weighted by Gasteiger charge is 2.18. The predicted octanol–water partition coefficient (Wildman–Crippen LogP) is 0.791. The zero-order valence-electron chi connectivity index (χ0n) is 11.7. The summed E-state index contributed by atoms with van der Waals surface area (Å²) in [6.45, 7) is 0.996. The Kier molecular flexibility index (Phi) is 5.74. The summed E-state index contributed by atoms with van der Waals surface area (Å²) >= 11 is 5.73. The van der Waals surface area contributed by atoms with E-state index in [1.165, 1.54) is 18.3 Å². The number of carbonyl (C=O) groups is 2. The zero-order chi connectivity index (χ0) is 15.9. The van der Waals surface area contributed by atoms with Gasteiger partial charge in [0.25, 0.3) is 0 Å². The predicted molar refractivity (Wildman–Crippen MR) is 80.8 cm³/mol. The number of rotatable bonds is 4. The maximum atomic E-state index is 11.5. The van der Waals surface area contributed by atoms with E-state index in [0.29, 0.717) is 18.7 Å². The van der Waals surface area contributed by atoms with Crippen LogP contribution in [0.1, 0.15) is 18.4 Å². The number of phenolic OH excluding ortho intramolecular Hbond substituents is 1. The average molecular weight is 326 g/mol. The summed E-state index contributed by atoms with van der Waals surface area (Å²) in [4.78, 5) is 23.0. The van der Waals surface area contributed by atoms with E-state index in [4.69, 9.17) is 16.3 Å². The fraction of sp³-hybridized carbons (Fsp3) is 0.357. The van der Waals surface area contributed by atoms with Gasteiger partial charge in [-0.25, -0.2) is 5.43 Å². The van der Waals surface area contributed by atoms with E-state index in [1.807, 2.05) is 0 Å². The number of nitrogens with zero attached hydrogens (tertiary/aromatic N) is 1. The number of aromatic hydroxyl groups is 1. The van der Waals surface area contributed by atoms with Crippen LogP contribution < -0.4 is 10.7 Å². The number of nitrogens with one attached hydrogen (secondary N) is 2. The van der Waals surface area contributed by atoms with Gasteiger partial charge in [-0.3, -0.25) is 9.59 Å². The molecule has 0 bridgehead atoms. The van der Waals surface area contributed by atoms with Gasteiger partial charge >= 0.3 is 11.8 Å². The molecule has 22 heavy (non-hydrogen) atoms. The molecule has 0 spiro atoms. The van der Waals surface area contributed by atoms with Gasteiger partial charge in [0.05, 0.1) is 17.3 Å². The first-order chi connectivity index (χ1) is 10.6. The van der Waals surface area contributed by atoms with Gasteiger partial charge in [-0.2, -0.15) is 5.10 Å². The van der Waals surface area contributed by atoms with Crippen molar-refractivity contribution in [2.24, 2.45) is 5.10 Å². The quantitative estimate of drug-likeness (QED) is 0.433. The molecule has 118 valence electrons. The van der Waals surface area contributed by atoms with E-state index in [0.717, 1.165) is 12.8 Å². The van der Waals surface area contributed by atoms with E-state index in [2.05, 4.69) is 15.8 Å². The minimum atomic E-state index is -0.862. The third kappa shape index (κ3) is 4.71. The molecular weight excluding hydrogens is 310 g/mol. The Morgan fingerprint density at radius 3 is 2.95 bits per heavy atom. The third-order valence-electron chi connectivity index (χ3n) is 3.07. The summed E-state index contributed by atoms with van der Waals surface area (Å²) in [6.07, 6.45) is 3.13. The molecular formula is C14H16ClN3O4. The molecule has 2 rings (SSSR count). The summed E-state index contributed by atoms with van der Waals surface area (Å²) in [7, 11) is 0. The fourth-order valence-electron chi connectivity index (χ4n) is 1.91. The molecule has 1 aliphatic rings. The molecule has 8 heteroatoms. The monoisotopic (exact) mass is 325 g/mol. The smallest absolute Gasteiger partial charge is 0.329 e. The molecule has 0 saturated carbocycles. The molecule has 2 amide bonds. The van der Waals surface area contributed by atoms with E-state index in [9.17, 15) is 14.7 Å². The van der Waals surface area contributed by atoms with E-state index in [-0.39, 0.29) is 16.9 Å². The first-order valence-electron chi connectivity index (χ1n) is 6.77. The number of carbonyl (C=O) groups excluding carboxylic acids is 2. The standard InChI is InChI=1S/C14H16ClN3O4/c15-11-6-9(3-4-12(11)19)7-17-18-14(21)13(20)16-8-10-2-1-5-22-10/h3-4,6-7,10,19H,1-2,5,8H2,(H,16,20)(H,18,21)/b17-7+. The van der Waals surface area contributed by atoms with Crippen LogP contribution >= 0.6 is 11.6 Å². The molecule has 0 aromatic heterocycles. The van der Waals surface area contributed by atoms with Gasteiger partial charge in [-0.15, -0.1) is 0 Å². The summed E-state index contributed by atoms with van der Waals surface area (Å²) in [6, 6.07) is 4.44. The highest BCUT2D eigenvalue weighted by molar-refractivity contribution is 6.35. The van der Waals surface area contributed by atoms with Crippen molar-refractivity contribution in [2.75, 3.05) is 13.2 Å². The Balaban J connectivity index is 1.77. The second kappa shape index (κ2) is 7.77. The van der Waals surface area contributed by atoms with Crippen LogP contribution in [-0.2, 0) is 14.3 Å². The molecule has 1 aromatic rings. The molecule has 1 aliphatic heterocycles. The number of benzene rings is 1. The van der Waals surface area contributed by atoms with Crippen LogP contribution in [0.2, 0.25) is 5.02 Å². The van der Waals surface area contributed by atoms with Gasteiger partial charge in [0, 0.05) is 13.2 Å². The number of amides is 2. The Morgan fingerprint density at radius 2 is 2.27 bits per heavy atom. The Bertz CT molecular complexity index is 585. The summed E-state index contributed by atoms with van der Waals surface area (Å²) < 4.78 is 5.33. The molecule has 7 nitrogen and oxygen atoms in total. The molecule has 0 aliphatic carbocycles. The van der Waals surface area contributed by atoms with Crippen molar-refractivity contribution < 1.29 is 19.4 Å². The topological polar surface area (TPSA) is 100 Å². The van der Waals surface area contributed by atoms with Crippen LogP contribution in [0.3, 0.4) is 0 Å². The minimum Gasteiger partial charge on any atom is -0.506 e. The molecule has 3 N–H and O–H groups in total. The van der Waals surface area contributed by atoms with Gasteiger partial charge in [0.1, 0.15) is 5.75 Å². The van der Waals surface area contributed by atoms with Crippen molar-refractivity contribution in [3.63, 3.8) is 0 Å². The number of ether oxygens (including phenoxy) is 1. The van der Waals surface area contributed by atoms with Gasteiger partial charge in [-0.05, 0) is 36.6 Å². The van der Waals surface area contributed by atoms with Gasteiger partial charge in [0.2, 0.25) is 0 Å². The van der Waals surface area contributed by atoms with Crippen LogP contribution in [0.4, 0.5) is 0 Å². The highest BCUT2D eigenvalue weighted by Crippen LogP contribution is 2.22. The number of hydrazone groups is 1. The van der Waals surface area contributed by atoms with Crippen LogP contribution in [0.25, 0.3) is 0 Å². The minimum absolute atomic E-state index is 0.0283. The van der Waals surface area contributed by atoms with Crippen molar-refractivity contribution in [2.45, 2.75) is 18.9 Å². The Morgan fingerprint density at radius 1 is 1.45 bits per heavy atom. The third-order valence-corrected chi connectivity index (χ3v) is 3.37. The van der Waals surface area contributed by atoms with Crippen molar-refractivity contribution >= 4 is 29.6 Å². The first-order valence-corrected chi connectivity index (χ1v) is 7.15. The molecule has 1 heterocycles. The van der Waals surface area contributed by atoms with Gasteiger partial charge < -0.3 is 15.2 Å². The summed E-state index contributed by atoms with van der Waals surface area (Å²) in [5.74, 6) is -1.67.